The Kier molecular flexibility index (Phi) is 7.13. The Balaban J connectivity index is 0. The molecule has 0 saturated carbocycles. The second-order valence-corrected chi connectivity index (χ2v) is 0.364. The van der Waals surface area contributed by atoms with Crippen molar-refractivity contribution in [1.82, 2.24) is 0 Å². The van der Waals surface area contributed by atoms with E-state index < -0.39 is 6.03 Å². The van der Waals surface area contributed by atoms with E-state index in [1.165, 1.54) is 0 Å². The van der Waals surface area contributed by atoms with Gasteiger partial charge in [-0.25, -0.2) is 0 Å². The van der Waals surface area contributed by atoms with Crippen molar-refractivity contribution in [2.75, 3.05) is 0 Å². The number of carbonyl (C=O) groups excluding carboxylic acids is 1. The minimum absolute atomic E-state index is 0. The SMILES string of the molecule is [NH-]C(N)=O.[Ta]. The summed E-state index contributed by atoms with van der Waals surface area (Å²) in [6.07, 6.45) is 0. The number of carbonyl (C=O) groups is 1. The Bertz CT molecular complexity index is 32.6. The first-order valence-corrected chi connectivity index (χ1v) is 0.743. The molecule has 0 bridgehead atoms. The molecular weight excluding hydrogens is 237 g/mol. The first kappa shape index (κ1) is 8.89. The monoisotopic (exact) mass is 240 g/mol. The van der Waals surface area contributed by atoms with Crippen molar-refractivity contribution in [2.24, 2.45) is 5.73 Å². The Morgan fingerprint density at radius 2 is 1.80 bits per heavy atom. The zero-order valence-corrected chi connectivity index (χ0v) is 5.65. The molecule has 0 aromatic rings. The number of rotatable bonds is 0. The third kappa shape index (κ3) is 154000. The first-order valence-electron chi connectivity index (χ1n) is 0.743. The van der Waals surface area contributed by atoms with Gasteiger partial charge < -0.3 is 11.5 Å². The Hall–Kier alpha value is 0.0103. The number of amides is 2. The van der Waals surface area contributed by atoms with Crippen LogP contribution in [0.15, 0.2) is 0 Å². The molecule has 0 atom stereocenters. The molecule has 1 radical (unpaired) electrons. The molecular formula is CH3N2OTa-. The van der Waals surface area contributed by atoms with Gasteiger partial charge in [-0.05, 0) is 0 Å². The molecule has 3 nitrogen and oxygen atoms in total. The van der Waals surface area contributed by atoms with Crippen LogP contribution < -0.4 is 5.73 Å². The molecule has 4 heteroatoms. The van der Waals surface area contributed by atoms with Crippen LogP contribution in [0.5, 0.6) is 0 Å². The van der Waals surface area contributed by atoms with Gasteiger partial charge in [0.2, 0.25) is 0 Å². The molecule has 3 N–H and O–H groups in total. The summed E-state index contributed by atoms with van der Waals surface area (Å²) in [7, 11) is 0. The van der Waals surface area contributed by atoms with Crippen LogP contribution in [0.4, 0.5) is 4.79 Å². The van der Waals surface area contributed by atoms with Crippen molar-refractivity contribution >= 4 is 6.03 Å². The fourth-order valence-corrected chi connectivity index (χ4v) is 0. The number of hydrogen-bond donors (Lipinski definition) is 1. The predicted octanol–water partition coefficient (Wildman–Crippen LogP) is 0.115. The maximum atomic E-state index is 8.89. The summed E-state index contributed by atoms with van der Waals surface area (Å²) in [4.78, 5) is 8.89. The number of nitrogens with one attached hydrogen (secondary N) is 1. The molecule has 0 spiro atoms. The number of urea groups is 1. The van der Waals surface area contributed by atoms with Gasteiger partial charge in [0.15, 0.2) is 0 Å². The average molecular weight is 240 g/mol. The van der Waals surface area contributed by atoms with Crippen molar-refractivity contribution < 1.29 is 27.2 Å². The molecule has 0 saturated heterocycles. The summed E-state index contributed by atoms with van der Waals surface area (Å²) in [5, 5.41) is 0. The first-order chi connectivity index (χ1) is 1.73. The molecule has 5 heavy (non-hydrogen) atoms. The van der Waals surface area contributed by atoms with E-state index in [-0.39, 0.29) is 22.4 Å². The van der Waals surface area contributed by atoms with E-state index in [1.807, 2.05) is 0 Å². The quantitative estimate of drug-likeness (QED) is 0.641. The van der Waals surface area contributed by atoms with E-state index in [4.69, 9.17) is 10.5 Å². The van der Waals surface area contributed by atoms with Gasteiger partial charge >= 0.3 is 0 Å². The summed E-state index contributed by atoms with van der Waals surface area (Å²) < 4.78 is 0. The number of primary amides is 1. The van der Waals surface area contributed by atoms with Crippen LogP contribution in [-0.2, 0) is 22.4 Å². The van der Waals surface area contributed by atoms with Gasteiger partial charge in [-0.15, -0.1) is 0 Å². The maximum Gasteiger partial charge on any atom is 0.147 e. The van der Waals surface area contributed by atoms with Crippen molar-refractivity contribution in [3.8, 4) is 0 Å². The number of hydrogen-bond acceptors (Lipinski definition) is 1. The molecule has 0 fully saturated rings. The Labute approximate surface area is 45.2 Å². The van der Waals surface area contributed by atoms with Gasteiger partial charge in [-0.2, -0.15) is 0 Å². The van der Waals surface area contributed by atoms with E-state index in [0.717, 1.165) is 0 Å². The molecule has 0 aliphatic rings. The second kappa shape index (κ2) is 4.01. The van der Waals surface area contributed by atoms with Crippen LogP contribution in [0.25, 0.3) is 5.73 Å². The summed E-state index contributed by atoms with van der Waals surface area (Å²) in [5.74, 6) is 0. The van der Waals surface area contributed by atoms with Crippen molar-refractivity contribution in [1.29, 1.82) is 0 Å². The minimum Gasteiger partial charge on any atom is -0.463 e. The zero-order valence-electron chi connectivity index (χ0n) is 2.43. The molecule has 0 heterocycles. The Morgan fingerprint density at radius 1 is 1.80 bits per heavy atom. The molecule has 29 valence electrons. The molecule has 0 rings (SSSR count). The van der Waals surface area contributed by atoms with Gasteiger partial charge in [0.25, 0.3) is 0 Å². The fraction of sp³-hybridized carbons (Fsp3) is 0. The van der Waals surface area contributed by atoms with Crippen molar-refractivity contribution in [3.05, 3.63) is 5.73 Å². The molecule has 0 unspecified atom stereocenters. The van der Waals surface area contributed by atoms with Crippen molar-refractivity contribution in [2.45, 2.75) is 0 Å². The third-order valence-electron chi connectivity index (χ3n) is 0. The summed E-state index contributed by atoms with van der Waals surface area (Å²) >= 11 is 0. The average Bonchev–Trinajstić information content (AvgIpc) is 0.811. The normalized spacial score (nSPS) is 4.80. The van der Waals surface area contributed by atoms with E-state index in [0.29, 0.717) is 0 Å². The molecule has 0 aliphatic heterocycles. The molecule has 0 aliphatic carbocycles. The fourth-order valence-electron chi connectivity index (χ4n) is 0. The second-order valence-electron chi connectivity index (χ2n) is 0.364. The maximum absolute atomic E-state index is 8.89. The zero-order chi connectivity index (χ0) is 3.58. The molecule has 0 aromatic carbocycles. The Morgan fingerprint density at radius 3 is 1.80 bits per heavy atom. The van der Waals surface area contributed by atoms with E-state index in [2.05, 4.69) is 5.73 Å². The molecule has 2 amide bonds. The van der Waals surface area contributed by atoms with Crippen molar-refractivity contribution in [3.63, 3.8) is 0 Å². The van der Waals surface area contributed by atoms with Gasteiger partial charge in [-0.1, -0.05) is 0 Å². The van der Waals surface area contributed by atoms with Crippen LogP contribution >= 0.6 is 0 Å². The predicted molar refractivity (Wildman–Crippen MR) is 13.9 cm³/mol. The molecule has 0 aromatic heterocycles. The summed E-state index contributed by atoms with van der Waals surface area (Å²) in [5.41, 5.74) is 9.86. The standard InChI is InChI=1S/CH4N2O.Ta/c2-1(3)4;/h(H4,2,3,4);/p-1. The third-order valence-corrected chi connectivity index (χ3v) is 0. The van der Waals surface area contributed by atoms with E-state index in [1.54, 1.807) is 0 Å². The minimum atomic E-state index is -1.08. The topological polar surface area (TPSA) is 66.9 Å². The van der Waals surface area contributed by atoms with Gasteiger partial charge in [-0.3, -0.25) is 4.79 Å². The largest absolute Gasteiger partial charge is 0.463 e. The number of nitrogens with two attached hydrogens (primary N) is 1. The smallest absolute Gasteiger partial charge is 0.147 e. The van der Waals surface area contributed by atoms with Crippen LogP contribution in [0.1, 0.15) is 0 Å². The summed E-state index contributed by atoms with van der Waals surface area (Å²) in [6, 6.07) is -1.08. The van der Waals surface area contributed by atoms with Crippen LogP contribution in [0, 0.1) is 0 Å². The van der Waals surface area contributed by atoms with E-state index in [9.17, 15) is 0 Å². The van der Waals surface area contributed by atoms with Crippen LogP contribution in [0.3, 0.4) is 0 Å². The van der Waals surface area contributed by atoms with E-state index >= 15 is 0 Å². The van der Waals surface area contributed by atoms with Gasteiger partial charge in [0.05, 0.1) is 0 Å². The van der Waals surface area contributed by atoms with Gasteiger partial charge in [0, 0.05) is 22.4 Å². The summed E-state index contributed by atoms with van der Waals surface area (Å²) in [6.45, 7) is 0. The van der Waals surface area contributed by atoms with Gasteiger partial charge in [0.1, 0.15) is 6.03 Å². The van der Waals surface area contributed by atoms with Crippen LogP contribution in [-0.4, -0.2) is 6.03 Å². The van der Waals surface area contributed by atoms with Crippen LogP contribution in [0.2, 0.25) is 0 Å².